The summed E-state index contributed by atoms with van der Waals surface area (Å²) in [5, 5.41) is 7.64. The predicted octanol–water partition coefficient (Wildman–Crippen LogP) is 3.37. The van der Waals surface area contributed by atoms with Crippen LogP contribution in [0.5, 0.6) is 0 Å². The van der Waals surface area contributed by atoms with E-state index in [4.69, 9.17) is 17.3 Å². The Morgan fingerprint density at radius 3 is 2.58 bits per heavy atom. The highest BCUT2D eigenvalue weighted by Crippen LogP contribution is 2.36. The molecule has 0 amide bonds. The van der Waals surface area contributed by atoms with Crippen LogP contribution in [-0.4, -0.2) is 15.2 Å². The fourth-order valence-corrected chi connectivity index (χ4v) is 2.22. The molecule has 0 aliphatic rings. The van der Waals surface area contributed by atoms with Gasteiger partial charge in [-0.15, -0.1) is 0 Å². The first-order valence-electron chi connectivity index (χ1n) is 5.77. The monoisotopic (exact) mass is 270 g/mol. The molecule has 3 aromatic rings. The van der Waals surface area contributed by atoms with Crippen LogP contribution < -0.4 is 5.73 Å². The molecule has 0 bridgehead atoms. The first-order valence-corrected chi connectivity index (χ1v) is 6.15. The van der Waals surface area contributed by atoms with Gasteiger partial charge in [0.15, 0.2) is 5.82 Å². The van der Waals surface area contributed by atoms with Crippen LogP contribution in [0, 0.1) is 0 Å². The van der Waals surface area contributed by atoms with Gasteiger partial charge in [0.1, 0.15) is 0 Å². The Hall–Kier alpha value is -2.33. The first kappa shape index (κ1) is 11.7. The molecule has 0 radical (unpaired) electrons. The van der Waals surface area contributed by atoms with Gasteiger partial charge in [-0.3, -0.25) is 10.1 Å². The molecule has 0 fully saturated rings. The average molecular weight is 271 g/mol. The van der Waals surface area contributed by atoms with Crippen molar-refractivity contribution >= 4 is 17.4 Å². The Labute approximate surface area is 115 Å². The number of benzene rings is 1. The number of rotatable bonds is 2. The minimum absolute atomic E-state index is 0.411. The Balaban J connectivity index is 2.23. The van der Waals surface area contributed by atoms with E-state index < -0.39 is 0 Å². The van der Waals surface area contributed by atoms with E-state index in [1.54, 1.807) is 6.20 Å². The Morgan fingerprint density at radius 1 is 1.05 bits per heavy atom. The summed E-state index contributed by atoms with van der Waals surface area (Å²) in [7, 11) is 0. The first-order chi connectivity index (χ1) is 9.27. The number of nitrogens with zero attached hydrogens (tertiary/aromatic N) is 2. The van der Waals surface area contributed by atoms with Crippen molar-refractivity contribution in [2.45, 2.75) is 0 Å². The van der Waals surface area contributed by atoms with Crippen LogP contribution in [0.3, 0.4) is 0 Å². The number of H-pyrrole nitrogens is 1. The van der Waals surface area contributed by atoms with Gasteiger partial charge in [0.2, 0.25) is 0 Å². The van der Waals surface area contributed by atoms with E-state index in [1.165, 1.54) is 0 Å². The number of halogens is 1. The van der Waals surface area contributed by atoms with Gasteiger partial charge in [-0.1, -0.05) is 35.9 Å². The molecule has 0 aliphatic carbocycles. The lowest BCUT2D eigenvalue weighted by atomic mass is 10.0. The number of hydrogen-bond donors (Lipinski definition) is 2. The summed E-state index contributed by atoms with van der Waals surface area (Å²) in [6.07, 6.45) is 1.72. The van der Waals surface area contributed by atoms with Crippen molar-refractivity contribution in [1.29, 1.82) is 0 Å². The highest BCUT2D eigenvalue weighted by atomic mass is 35.5. The molecule has 0 atom stereocenters. The van der Waals surface area contributed by atoms with Gasteiger partial charge in [0.25, 0.3) is 0 Å². The van der Waals surface area contributed by atoms with Crippen LogP contribution in [-0.2, 0) is 0 Å². The van der Waals surface area contributed by atoms with Gasteiger partial charge in [-0.2, -0.15) is 5.10 Å². The fraction of sp³-hybridized carbons (Fsp3) is 0. The van der Waals surface area contributed by atoms with E-state index in [2.05, 4.69) is 15.2 Å². The van der Waals surface area contributed by atoms with Crippen molar-refractivity contribution in [2.24, 2.45) is 0 Å². The smallest absolute Gasteiger partial charge is 0.155 e. The molecular formula is C14H11ClN4. The molecule has 3 rings (SSSR count). The zero-order valence-corrected chi connectivity index (χ0v) is 10.7. The van der Waals surface area contributed by atoms with Crippen LogP contribution in [0.4, 0.5) is 5.82 Å². The maximum absolute atomic E-state index is 6.22. The zero-order chi connectivity index (χ0) is 13.2. The topological polar surface area (TPSA) is 67.6 Å². The second-order valence-electron chi connectivity index (χ2n) is 4.05. The molecule has 5 heteroatoms. The van der Waals surface area contributed by atoms with Crippen LogP contribution in [0.25, 0.3) is 22.5 Å². The Bertz CT molecular complexity index is 706. The Morgan fingerprint density at radius 2 is 1.84 bits per heavy atom. The molecule has 94 valence electrons. The molecule has 2 heterocycles. The average Bonchev–Trinajstić information content (AvgIpc) is 2.82. The number of aromatic nitrogens is 3. The summed E-state index contributed by atoms with van der Waals surface area (Å²) in [5.74, 6) is 0.411. The lowest BCUT2D eigenvalue weighted by Gasteiger charge is -2.05. The highest BCUT2D eigenvalue weighted by molar-refractivity contribution is 6.33. The molecule has 0 spiro atoms. The third-order valence-corrected chi connectivity index (χ3v) is 3.19. The van der Waals surface area contributed by atoms with E-state index in [9.17, 15) is 0 Å². The van der Waals surface area contributed by atoms with Gasteiger partial charge >= 0.3 is 0 Å². The minimum atomic E-state index is 0.411. The molecule has 0 saturated carbocycles. The van der Waals surface area contributed by atoms with Crippen LogP contribution in [0.2, 0.25) is 5.02 Å². The van der Waals surface area contributed by atoms with E-state index in [-0.39, 0.29) is 0 Å². The standard InChI is InChI=1S/C14H11ClN4/c15-10-6-2-1-5-9(10)13-12(14(16)19-18-13)11-7-3-4-8-17-11/h1-8H,(H3,16,18,19). The van der Waals surface area contributed by atoms with Crippen LogP contribution >= 0.6 is 11.6 Å². The minimum Gasteiger partial charge on any atom is -0.382 e. The molecular weight excluding hydrogens is 260 g/mol. The van der Waals surface area contributed by atoms with Crippen molar-refractivity contribution in [3.8, 4) is 22.5 Å². The third kappa shape index (κ3) is 2.06. The van der Waals surface area contributed by atoms with Gasteiger partial charge in [0, 0.05) is 16.8 Å². The van der Waals surface area contributed by atoms with Crippen molar-refractivity contribution in [3.05, 3.63) is 53.7 Å². The number of nitrogens with one attached hydrogen (secondary N) is 1. The van der Waals surface area contributed by atoms with Crippen molar-refractivity contribution in [3.63, 3.8) is 0 Å². The molecule has 0 aliphatic heterocycles. The largest absolute Gasteiger partial charge is 0.382 e. The fourth-order valence-electron chi connectivity index (χ4n) is 1.98. The summed E-state index contributed by atoms with van der Waals surface area (Å²) in [6, 6.07) is 13.2. The molecule has 19 heavy (non-hydrogen) atoms. The quantitative estimate of drug-likeness (QED) is 0.750. The third-order valence-electron chi connectivity index (χ3n) is 2.86. The van der Waals surface area contributed by atoms with E-state index in [0.29, 0.717) is 10.8 Å². The Kier molecular flexibility index (Phi) is 2.93. The molecule has 3 N–H and O–H groups in total. The number of pyridine rings is 1. The second-order valence-corrected chi connectivity index (χ2v) is 4.46. The molecule has 4 nitrogen and oxygen atoms in total. The summed E-state index contributed by atoms with van der Waals surface area (Å²) in [4.78, 5) is 4.31. The highest BCUT2D eigenvalue weighted by Gasteiger charge is 2.17. The van der Waals surface area contributed by atoms with Crippen molar-refractivity contribution in [1.82, 2.24) is 15.2 Å². The van der Waals surface area contributed by atoms with Gasteiger partial charge in [-0.25, -0.2) is 0 Å². The zero-order valence-electron chi connectivity index (χ0n) is 9.97. The number of anilines is 1. The SMILES string of the molecule is Nc1n[nH]c(-c2ccccc2Cl)c1-c1ccccn1. The van der Waals surface area contributed by atoms with Crippen LogP contribution in [0.15, 0.2) is 48.7 Å². The summed E-state index contributed by atoms with van der Waals surface area (Å²) in [6.45, 7) is 0. The number of aromatic amines is 1. The lowest BCUT2D eigenvalue weighted by Crippen LogP contribution is -1.90. The van der Waals surface area contributed by atoms with E-state index in [1.807, 2.05) is 42.5 Å². The summed E-state index contributed by atoms with van der Waals surface area (Å²) < 4.78 is 0. The molecule has 2 aromatic heterocycles. The van der Waals surface area contributed by atoms with E-state index in [0.717, 1.165) is 22.5 Å². The van der Waals surface area contributed by atoms with E-state index >= 15 is 0 Å². The summed E-state index contributed by atoms with van der Waals surface area (Å²) in [5.41, 5.74) is 9.11. The predicted molar refractivity (Wildman–Crippen MR) is 76.7 cm³/mol. The van der Waals surface area contributed by atoms with Crippen LogP contribution in [0.1, 0.15) is 0 Å². The lowest BCUT2D eigenvalue weighted by molar-refractivity contribution is 1.10. The van der Waals surface area contributed by atoms with Crippen molar-refractivity contribution < 1.29 is 0 Å². The maximum atomic E-state index is 6.22. The number of nitrogens with two attached hydrogens (primary N) is 1. The second kappa shape index (κ2) is 4.74. The normalized spacial score (nSPS) is 10.6. The van der Waals surface area contributed by atoms with Crippen molar-refractivity contribution in [2.75, 3.05) is 5.73 Å². The van der Waals surface area contributed by atoms with Gasteiger partial charge in [0.05, 0.1) is 17.0 Å². The van der Waals surface area contributed by atoms with Gasteiger partial charge in [-0.05, 0) is 18.2 Å². The molecule has 1 aromatic carbocycles. The maximum Gasteiger partial charge on any atom is 0.155 e. The summed E-state index contributed by atoms with van der Waals surface area (Å²) >= 11 is 6.22. The number of hydrogen-bond acceptors (Lipinski definition) is 3. The molecule has 0 unspecified atom stereocenters. The molecule has 0 saturated heterocycles. The number of nitrogen functional groups attached to an aromatic ring is 1. The van der Waals surface area contributed by atoms with Gasteiger partial charge < -0.3 is 5.73 Å².